The van der Waals surface area contributed by atoms with Gasteiger partial charge in [-0.05, 0) is 12.1 Å². The summed E-state index contributed by atoms with van der Waals surface area (Å²) < 4.78 is 43.3. The van der Waals surface area contributed by atoms with Crippen LogP contribution >= 0.6 is 0 Å². The third-order valence-electron chi connectivity index (χ3n) is 2.04. The summed E-state index contributed by atoms with van der Waals surface area (Å²) in [5.74, 6) is -4.47. The summed E-state index contributed by atoms with van der Waals surface area (Å²) in [6.07, 6.45) is 2.33. The van der Waals surface area contributed by atoms with Gasteiger partial charge < -0.3 is 4.42 Å². The maximum absolute atomic E-state index is 13.2. The molecule has 0 amide bonds. The van der Waals surface area contributed by atoms with E-state index in [1.165, 1.54) is 12.3 Å². The summed E-state index contributed by atoms with van der Waals surface area (Å²) in [6.45, 7) is 0. The summed E-state index contributed by atoms with van der Waals surface area (Å²) in [5.41, 5.74) is -0.454. The highest BCUT2D eigenvalue weighted by atomic mass is 19.2. The molecule has 2 nitrogen and oxygen atoms in total. The number of furan rings is 1. The average Bonchev–Trinajstić information content (AvgIpc) is 2.75. The van der Waals surface area contributed by atoms with Gasteiger partial charge >= 0.3 is 0 Å². The van der Waals surface area contributed by atoms with Gasteiger partial charge in [0.05, 0.1) is 17.4 Å². The van der Waals surface area contributed by atoms with Crippen LogP contribution in [-0.2, 0) is 0 Å². The van der Waals surface area contributed by atoms with Crippen LogP contribution in [0.15, 0.2) is 35.1 Å². The zero-order valence-electron chi connectivity index (χ0n) is 7.84. The quantitative estimate of drug-likeness (QED) is 0.582. The average molecular weight is 226 g/mol. The Morgan fingerprint density at radius 1 is 1.06 bits per heavy atom. The maximum Gasteiger partial charge on any atom is 0.199 e. The molecule has 0 N–H and O–H groups in total. The lowest BCUT2D eigenvalue weighted by atomic mass is 10.1. The molecule has 1 heterocycles. The number of halogens is 3. The summed E-state index contributed by atoms with van der Waals surface area (Å²) in [6, 6.07) is 2.17. The van der Waals surface area contributed by atoms with Gasteiger partial charge in [-0.3, -0.25) is 4.79 Å². The standard InChI is InChI=1S/C11H5F3O2/c12-8-4-10(14)9(13)3-7(8)11(15)6-1-2-16-5-6/h1-5H. The molecular formula is C11H5F3O2. The molecule has 2 aromatic rings. The van der Waals surface area contributed by atoms with Gasteiger partial charge in [0.1, 0.15) is 12.1 Å². The van der Waals surface area contributed by atoms with Crippen molar-refractivity contribution in [2.24, 2.45) is 0 Å². The highest BCUT2D eigenvalue weighted by Crippen LogP contribution is 2.17. The summed E-state index contributed by atoms with van der Waals surface area (Å²) in [4.78, 5) is 11.6. The van der Waals surface area contributed by atoms with Crippen molar-refractivity contribution in [2.75, 3.05) is 0 Å². The van der Waals surface area contributed by atoms with Crippen LogP contribution in [0.2, 0.25) is 0 Å². The van der Waals surface area contributed by atoms with E-state index in [1.807, 2.05) is 0 Å². The zero-order chi connectivity index (χ0) is 11.7. The largest absolute Gasteiger partial charge is 0.472 e. The van der Waals surface area contributed by atoms with Crippen LogP contribution in [-0.4, -0.2) is 5.78 Å². The fourth-order valence-electron chi connectivity index (χ4n) is 1.25. The topological polar surface area (TPSA) is 30.2 Å². The van der Waals surface area contributed by atoms with E-state index in [4.69, 9.17) is 0 Å². The molecular weight excluding hydrogens is 221 g/mol. The Hall–Kier alpha value is -2.04. The molecule has 0 fully saturated rings. The van der Waals surface area contributed by atoms with Gasteiger partial charge in [0.2, 0.25) is 0 Å². The van der Waals surface area contributed by atoms with Gasteiger partial charge in [0.25, 0.3) is 0 Å². The lowest BCUT2D eigenvalue weighted by Crippen LogP contribution is -2.05. The number of carbonyl (C=O) groups is 1. The lowest BCUT2D eigenvalue weighted by molar-refractivity contribution is 0.103. The number of ketones is 1. The van der Waals surface area contributed by atoms with Crippen molar-refractivity contribution in [3.05, 3.63) is 59.3 Å². The third kappa shape index (κ3) is 1.71. The van der Waals surface area contributed by atoms with E-state index in [1.54, 1.807) is 0 Å². The molecule has 1 aromatic heterocycles. The second kappa shape index (κ2) is 3.84. The van der Waals surface area contributed by atoms with Crippen LogP contribution in [0.5, 0.6) is 0 Å². The van der Waals surface area contributed by atoms with E-state index < -0.39 is 28.8 Å². The van der Waals surface area contributed by atoms with E-state index in [0.29, 0.717) is 12.1 Å². The number of hydrogen-bond acceptors (Lipinski definition) is 2. The minimum absolute atomic E-state index is 0.0740. The minimum atomic E-state index is -1.33. The van der Waals surface area contributed by atoms with Crippen LogP contribution in [0.4, 0.5) is 13.2 Å². The Morgan fingerprint density at radius 3 is 2.38 bits per heavy atom. The fourth-order valence-corrected chi connectivity index (χ4v) is 1.25. The number of hydrogen-bond donors (Lipinski definition) is 0. The summed E-state index contributed by atoms with van der Waals surface area (Å²) in [7, 11) is 0. The zero-order valence-corrected chi connectivity index (χ0v) is 7.84. The maximum atomic E-state index is 13.2. The smallest absolute Gasteiger partial charge is 0.199 e. The molecule has 0 bridgehead atoms. The molecule has 5 heteroatoms. The first-order valence-electron chi connectivity index (χ1n) is 4.31. The van der Waals surface area contributed by atoms with Crippen LogP contribution in [0, 0.1) is 17.5 Å². The van der Waals surface area contributed by atoms with E-state index in [0.717, 1.165) is 6.26 Å². The number of rotatable bonds is 2. The van der Waals surface area contributed by atoms with Crippen molar-refractivity contribution >= 4 is 5.78 Å². The van der Waals surface area contributed by atoms with Crippen molar-refractivity contribution in [3.63, 3.8) is 0 Å². The minimum Gasteiger partial charge on any atom is -0.472 e. The van der Waals surface area contributed by atoms with Gasteiger partial charge in [0.15, 0.2) is 17.4 Å². The Kier molecular flexibility index (Phi) is 2.52. The molecule has 0 atom stereocenters. The van der Waals surface area contributed by atoms with Crippen LogP contribution < -0.4 is 0 Å². The summed E-state index contributed by atoms with van der Waals surface area (Å²) >= 11 is 0. The predicted molar refractivity (Wildman–Crippen MR) is 48.5 cm³/mol. The Morgan fingerprint density at radius 2 is 1.75 bits per heavy atom. The second-order valence-electron chi connectivity index (χ2n) is 3.09. The van der Waals surface area contributed by atoms with Crippen molar-refractivity contribution in [2.45, 2.75) is 0 Å². The van der Waals surface area contributed by atoms with Gasteiger partial charge in [-0.15, -0.1) is 0 Å². The molecule has 16 heavy (non-hydrogen) atoms. The highest BCUT2D eigenvalue weighted by molar-refractivity contribution is 6.08. The molecule has 82 valence electrons. The fraction of sp³-hybridized carbons (Fsp3) is 0. The number of benzene rings is 1. The Labute approximate surface area is 88.3 Å². The summed E-state index contributed by atoms with van der Waals surface area (Å²) in [5, 5.41) is 0. The molecule has 0 aliphatic rings. The van der Waals surface area contributed by atoms with Crippen molar-refractivity contribution < 1.29 is 22.4 Å². The monoisotopic (exact) mass is 226 g/mol. The molecule has 0 aliphatic carbocycles. The van der Waals surface area contributed by atoms with Gasteiger partial charge in [-0.25, -0.2) is 13.2 Å². The first-order valence-corrected chi connectivity index (χ1v) is 4.31. The molecule has 0 saturated carbocycles. The second-order valence-corrected chi connectivity index (χ2v) is 3.09. The van der Waals surface area contributed by atoms with Crippen LogP contribution in [0.3, 0.4) is 0 Å². The van der Waals surface area contributed by atoms with E-state index >= 15 is 0 Å². The normalized spacial score (nSPS) is 10.4. The first-order chi connectivity index (χ1) is 7.59. The molecule has 1 aromatic carbocycles. The van der Waals surface area contributed by atoms with E-state index in [2.05, 4.69) is 4.42 Å². The lowest BCUT2D eigenvalue weighted by Gasteiger charge is -2.01. The van der Waals surface area contributed by atoms with Crippen molar-refractivity contribution in [3.8, 4) is 0 Å². The highest BCUT2D eigenvalue weighted by Gasteiger charge is 2.18. The molecule has 2 rings (SSSR count). The van der Waals surface area contributed by atoms with Crippen molar-refractivity contribution in [1.82, 2.24) is 0 Å². The van der Waals surface area contributed by atoms with E-state index in [-0.39, 0.29) is 5.56 Å². The molecule has 0 spiro atoms. The predicted octanol–water partition coefficient (Wildman–Crippen LogP) is 2.93. The molecule has 0 saturated heterocycles. The van der Waals surface area contributed by atoms with Gasteiger partial charge in [0, 0.05) is 6.07 Å². The van der Waals surface area contributed by atoms with Crippen LogP contribution in [0.25, 0.3) is 0 Å². The third-order valence-corrected chi connectivity index (χ3v) is 2.04. The molecule has 0 radical (unpaired) electrons. The molecule has 0 aliphatic heterocycles. The van der Waals surface area contributed by atoms with Gasteiger partial charge in [-0.1, -0.05) is 0 Å². The number of carbonyl (C=O) groups excluding carboxylic acids is 1. The van der Waals surface area contributed by atoms with E-state index in [9.17, 15) is 18.0 Å². The first kappa shape index (κ1) is 10.5. The Bertz CT molecular complexity index is 532. The Balaban J connectivity index is 2.49. The van der Waals surface area contributed by atoms with Crippen molar-refractivity contribution in [1.29, 1.82) is 0 Å². The van der Waals surface area contributed by atoms with Gasteiger partial charge in [-0.2, -0.15) is 0 Å². The SMILES string of the molecule is O=C(c1ccoc1)c1cc(F)c(F)cc1F. The van der Waals surface area contributed by atoms with Crippen LogP contribution in [0.1, 0.15) is 15.9 Å². The molecule has 0 unspecified atom stereocenters.